The molecule has 0 saturated carbocycles. The number of aryl methyl sites for hydroxylation is 1. The van der Waals surface area contributed by atoms with Gasteiger partial charge in [-0.15, -0.1) is 0 Å². The van der Waals surface area contributed by atoms with Gasteiger partial charge >= 0.3 is 5.97 Å². The second-order valence-electron chi connectivity index (χ2n) is 4.92. The minimum atomic E-state index is -1.00. The summed E-state index contributed by atoms with van der Waals surface area (Å²) in [6.07, 6.45) is 0. The fraction of sp³-hybridized carbons (Fsp3) is 0.462. The van der Waals surface area contributed by atoms with Gasteiger partial charge in [-0.1, -0.05) is 19.9 Å². The summed E-state index contributed by atoms with van der Waals surface area (Å²) in [4.78, 5) is 23.0. The van der Waals surface area contributed by atoms with Crippen LogP contribution in [0.4, 0.5) is 11.4 Å². The second-order valence-corrected chi connectivity index (χ2v) is 4.92. The van der Waals surface area contributed by atoms with Crippen molar-refractivity contribution in [1.29, 1.82) is 0 Å². The lowest BCUT2D eigenvalue weighted by Crippen LogP contribution is -2.33. The van der Waals surface area contributed by atoms with Crippen molar-refractivity contribution in [2.24, 2.45) is 5.92 Å². The molecule has 1 N–H and O–H groups in total. The molecule has 0 atom stereocenters. The summed E-state index contributed by atoms with van der Waals surface area (Å²) in [5.74, 6) is -0.796. The summed E-state index contributed by atoms with van der Waals surface area (Å²) in [6.45, 7) is 5.85. The number of nitro benzene ring substituents is 1. The Morgan fingerprint density at radius 3 is 2.58 bits per heavy atom. The van der Waals surface area contributed by atoms with Gasteiger partial charge in [0.2, 0.25) is 0 Å². The van der Waals surface area contributed by atoms with Crippen LogP contribution in [0.3, 0.4) is 0 Å². The molecule has 0 radical (unpaired) electrons. The van der Waals surface area contributed by atoms with E-state index in [1.165, 1.54) is 11.0 Å². The number of hydrogen-bond donors (Lipinski definition) is 1. The van der Waals surface area contributed by atoms with Crippen LogP contribution in [0.25, 0.3) is 0 Å². The maximum absolute atomic E-state index is 11.1. The van der Waals surface area contributed by atoms with Crippen LogP contribution in [0.1, 0.15) is 19.4 Å². The summed E-state index contributed by atoms with van der Waals surface area (Å²) in [7, 11) is 0. The molecule has 1 aromatic rings. The first kappa shape index (κ1) is 14.9. The Kier molecular flexibility index (Phi) is 4.86. The number of carboxylic acids is 1. The van der Waals surface area contributed by atoms with E-state index >= 15 is 0 Å². The molecule has 1 rings (SSSR count). The zero-order chi connectivity index (χ0) is 14.6. The molecule has 0 spiro atoms. The number of carbonyl (C=O) groups is 1. The van der Waals surface area contributed by atoms with Gasteiger partial charge in [0.05, 0.1) is 4.92 Å². The number of carboxylic acid groups (broad SMARTS) is 1. The molecule has 6 heteroatoms. The molecule has 104 valence electrons. The average molecular weight is 266 g/mol. The fourth-order valence-electron chi connectivity index (χ4n) is 1.90. The van der Waals surface area contributed by atoms with Crippen LogP contribution in [0.2, 0.25) is 0 Å². The van der Waals surface area contributed by atoms with Crippen molar-refractivity contribution < 1.29 is 14.8 Å². The Labute approximate surface area is 111 Å². The Morgan fingerprint density at radius 2 is 2.11 bits per heavy atom. The third-order valence-corrected chi connectivity index (χ3v) is 2.58. The zero-order valence-electron chi connectivity index (χ0n) is 11.3. The number of nitrogens with zero attached hydrogens (tertiary/aromatic N) is 2. The third kappa shape index (κ3) is 4.24. The molecule has 0 bridgehead atoms. The van der Waals surface area contributed by atoms with Crippen LogP contribution < -0.4 is 4.90 Å². The maximum atomic E-state index is 11.1. The van der Waals surface area contributed by atoms with E-state index in [0.717, 1.165) is 5.56 Å². The predicted octanol–water partition coefficient (Wildman–Crippen LogP) is 2.45. The molecular formula is C13H18N2O4. The van der Waals surface area contributed by atoms with Crippen molar-refractivity contribution in [1.82, 2.24) is 0 Å². The minimum absolute atomic E-state index is 0.0538. The van der Waals surface area contributed by atoms with Crippen molar-refractivity contribution in [3.63, 3.8) is 0 Å². The first-order valence-corrected chi connectivity index (χ1v) is 6.03. The normalized spacial score (nSPS) is 10.5. The summed E-state index contributed by atoms with van der Waals surface area (Å²) in [6, 6.07) is 4.82. The van der Waals surface area contributed by atoms with E-state index in [-0.39, 0.29) is 18.2 Å². The number of nitro groups is 1. The van der Waals surface area contributed by atoms with Crippen LogP contribution in [-0.4, -0.2) is 29.1 Å². The van der Waals surface area contributed by atoms with E-state index in [2.05, 4.69) is 0 Å². The molecule has 0 unspecified atom stereocenters. The lowest BCUT2D eigenvalue weighted by Gasteiger charge is -2.24. The van der Waals surface area contributed by atoms with E-state index in [1.807, 2.05) is 13.8 Å². The average Bonchev–Trinajstić information content (AvgIpc) is 2.26. The molecule has 0 heterocycles. The minimum Gasteiger partial charge on any atom is -0.480 e. The van der Waals surface area contributed by atoms with Crippen LogP contribution >= 0.6 is 0 Å². The Morgan fingerprint density at radius 1 is 1.47 bits per heavy atom. The van der Waals surface area contributed by atoms with Gasteiger partial charge in [-0.25, -0.2) is 0 Å². The third-order valence-electron chi connectivity index (χ3n) is 2.58. The van der Waals surface area contributed by atoms with Crippen molar-refractivity contribution >= 4 is 17.3 Å². The second kappa shape index (κ2) is 6.17. The van der Waals surface area contributed by atoms with Gasteiger partial charge < -0.3 is 10.0 Å². The molecule has 0 amide bonds. The SMILES string of the molecule is Cc1ccc(N(CC(=O)O)CC(C)C)c([N+](=O)[O-])c1. The van der Waals surface area contributed by atoms with Crippen molar-refractivity contribution in [3.8, 4) is 0 Å². The molecule has 0 aromatic heterocycles. The molecule has 0 aliphatic rings. The Hall–Kier alpha value is -2.11. The maximum Gasteiger partial charge on any atom is 0.323 e. The molecule has 0 aliphatic carbocycles. The summed E-state index contributed by atoms with van der Waals surface area (Å²) >= 11 is 0. The van der Waals surface area contributed by atoms with E-state index in [1.54, 1.807) is 19.1 Å². The smallest absolute Gasteiger partial charge is 0.323 e. The molecule has 0 fully saturated rings. The summed E-state index contributed by atoms with van der Waals surface area (Å²) < 4.78 is 0. The van der Waals surface area contributed by atoms with Crippen LogP contribution in [-0.2, 0) is 4.79 Å². The highest BCUT2D eigenvalue weighted by Gasteiger charge is 2.21. The topological polar surface area (TPSA) is 83.7 Å². The first-order valence-electron chi connectivity index (χ1n) is 6.03. The van der Waals surface area contributed by atoms with E-state index in [9.17, 15) is 14.9 Å². The Bertz CT molecular complexity index is 486. The monoisotopic (exact) mass is 266 g/mol. The van der Waals surface area contributed by atoms with Gasteiger partial charge in [0.25, 0.3) is 5.69 Å². The standard InChI is InChI=1S/C13H18N2O4/c1-9(2)7-14(8-13(16)17)11-5-4-10(3)6-12(11)15(18)19/h4-6,9H,7-8H2,1-3H3,(H,16,17). The summed E-state index contributed by atoms with van der Waals surface area (Å²) in [5.41, 5.74) is 1.07. The highest BCUT2D eigenvalue weighted by molar-refractivity contribution is 5.76. The highest BCUT2D eigenvalue weighted by Crippen LogP contribution is 2.29. The number of rotatable bonds is 6. The zero-order valence-corrected chi connectivity index (χ0v) is 11.3. The first-order chi connectivity index (χ1) is 8.81. The van der Waals surface area contributed by atoms with E-state index in [4.69, 9.17) is 5.11 Å². The lowest BCUT2D eigenvalue weighted by atomic mass is 10.1. The van der Waals surface area contributed by atoms with Gasteiger partial charge in [0, 0.05) is 12.6 Å². The highest BCUT2D eigenvalue weighted by atomic mass is 16.6. The fourth-order valence-corrected chi connectivity index (χ4v) is 1.90. The molecular weight excluding hydrogens is 248 g/mol. The van der Waals surface area contributed by atoms with Gasteiger partial charge in [0.1, 0.15) is 12.2 Å². The number of hydrogen-bond acceptors (Lipinski definition) is 4. The van der Waals surface area contributed by atoms with Crippen molar-refractivity contribution in [2.75, 3.05) is 18.0 Å². The quantitative estimate of drug-likeness (QED) is 0.631. The number of aliphatic carboxylic acids is 1. The van der Waals surface area contributed by atoms with E-state index in [0.29, 0.717) is 12.2 Å². The molecule has 6 nitrogen and oxygen atoms in total. The molecule has 0 aliphatic heterocycles. The van der Waals surface area contributed by atoms with Crippen LogP contribution in [0.5, 0.6) is 0 Å². The number of benzene rings is 1. The number of anilines is 1. The predicted molar refractivity (Wildman–Crippen MR) is 72.5 cm³/mol. The molecule has 0 saturated heterocycles. The molecule has 19 heavy (non-hydrogen) atoms. The van der Waals surface area contributed by atoms with Gasteiger partial charge in [0.15, 0.2) is 0 Å². The van der Waals surface area contributed by atoms with Crippen molar-refractivity contribution in [3.05, 3.63) is 33.9 Å². The largest absolute Gasteiger partial charge is 0.480 e. The van der Waals surface area contributed by atoms with Gasteiger partial charge in [-0.3, -0.25) is 14.9 Å². The molecule has 1 aromatic carbocycles. The van der Waals surface area contributed by atoms with Gasteiger partial charge in [-0.05, 0) is 24.5 Å². The van der Waals surface area contributed by atoms with Crippen molar-refractivity contribution in [2.45, 2.75) is 20.8 Å². The Balaban J connectivity index is 3.20. The van der Waals surface area contributed by atoms with E-state index < -0.39 is 10.9 Å². The van der Waals surface area contributed by atoms with Crippen LogP contribution in [0.15, 0.2) is 18.2 Å². The summed E-state index contributed by atoms with van der Waals surface area (Å²) in [5, 5.41) is 20.0. The van der Waals surface area contributed by atoms with Gasteiger partial charge in [-0.2, -0.15) is 0 Å². The van der Waals surface area contributed by atoms with Crippen LogP contribution in [0, 0.1) is 23.0 Å². The lowest BCUT2D eigenvalue weighted by molar-refractivity contribution is -0.384.